The predicted octanol–water partition coefficient (Wildman–Crippen LogP) is 3.66. The van der Waals surface area contributed by atoms with Gasteiger partial charge >= 0.3 is 0 Å². The van der Waals surface area contributed by atoms with E-state index in [1.165, 1.54) is 12.8 Å². The number of aromatic nitrogens is 1. The molecule has 0 spiro atoms. The van der Waals surface area contributed by atoms with E-state index in [2.05, 4.69) is 4.72 Å². The van der Waals surface area contributed by atoms with Crippen molar-refractivity contribution in [3.8, 4) is 0 Å². The summed E-state index contributed by atoms with van der Waals surface area (Å²) in [5, 5.41) is 0. The van der Waals surface area contributed by atoms with Crippen molar-refractivity contribution >= 4 is 15.9 Å². The van der Waals surface area contributed by atoms with E-state index in [-0.39, 0.29) is 16.8 Å². The van der Waals surface area contributed by atoms with Gasteiger partial charge in [0.2, 0.25) is 10.0 Å². The fourth-order valence-corrected chi connectivity index (χ4v) is 6.43. The van der Waals surface area contributed by atoms with Crippen LogP contribution in [0.1, 0.15) is 86.0 Å². The van der Waals surface area contributed by atoms with Gasteiger partial charge in [0, 0.05) is 37.6 Å². The molecule has 1 aromatic rings. The molecule has 2 fully saturated rings. The van der Waals surface area contributed by atoms with Gasteiger partial charge in [-0.2, -0.15) is 0 Å². The first-order valence-electron chi connectivity index (χ1n) is 10.8. The minimum atomic E-state index is -3.75. The molecule has 2 heterocycles. The van der Waals surface area contributed by atoms with Crippen molar-refractivity contribution in [2.45, 2.75) is 89.0 Å². The van der Waals surface area contributed by atoms with Crippen molar-refractivity contribution < 1.29 is 13.2 Å². The second kappa shape index (κ2) is 8.99. The number of likely N-dealkylation sites (tertiary alicyclic amines) is 1. The molecule has 158 valence electrons. The molecule has 1 saturated carbocycles. The Labute approximate surface area is 169 Å². The van der Waals surface area contributed by atoms with Crippen LogP contribution in [0, 0.1) is 13.8 Å². The van der Waals surface area contributed by atoms with E-state index in [1.807, 2.05) is 23.4 Å². The van der Waals surface area contributed by atoms with Gasteiger partial charge in [0.25, 0.3) is 5.91 Å². The number of nitrogens with zero attached hydrogens (tertiary/aromatic N) is 2. The van der Waals surface area contributed by atoms with Gasteiger partial charge in [-0.25, -0.2) is 13.1 Å². The van der Waals surface area contributed by atoms with E-state index in [0.717, 1.165) is 57.1 Å². The molecule has 3 rings (SSSR count). The molecule has 1 aliphatic carbocycles. The Bertz CT molecular complexity index is 797. The van der Waals surface area contributed by atoms with Crippen LogP contribution < -0.4 is 4.72 Å². The van der Waals surface area contributed by atoms with E-state index < -0.39 is 10.0 Å². The number of sulfonamides is 1. The highest BCUT2D eigenvalue weighted by Crippen LogP contribution is 2.29. The van der Waals surface area contributed by atoms with Gasteiger partial charge in [0.1, 0.15) is 4.90 Å². The second-order valence-corrected chi connectivity index (χ2v) is 10.1. The molecule has 1 aromatic heterocycles. The summed E-state index contributed by atoms with van der Waals surface area (Å²) in [6.07, 6.45) is 10.4. The van der Waals surface area contributed by atoms with Crippen LogP contribution in [0.4, 0.5) is 0 Å². The van der Waals surface area contributed by atoms with Crippen molar-refractivity contribution in [3.63, 3.8) is 0 Å². The van der Waals surface area contributed by atoms with Gasteiger partial charge in [0.05, 0.1) is 5.56 Å². The van der Waals surface area contributed by atoms with Gasteiger partial charge in [-0.05, 0) is 39.5 Å². The summed E-state index contributed by atoms with van der Waals surface area (Å²) >= 11 is 0. The van der Waals surface area contributed by atoms with E-state index in [1.54, 1.807) is 6.92 Å². The van der Waals surface area contributed by atoms with Crippen LogP contribution in [0.15, 0.2) is 4.90 Å². The summed E-state index contributed by atoms with van der Waals surface area (Å²) in [5.74, 6) is -0.135. The maximum atomic E-state index is 13.4. The zero-order valence-corrected chi connectivity index (χ0v) is 18.4. The van der Waals surface area contributed by atoms with Crippen molar-refractivity contribution in [1.29, 1.82) is 0 Å². The second-order valence-electron chi connectivity index (χ2n) is 8.45. The minimum Gasteiger partial charge on any atom is -0.350 e. The summed E-state index contributed by atoms with van der Waals surface area (Å²) < 4.78 is 31.5. The standard InChI is InChI=1S/C21H35N3O3S/c1-16-19(21(25)24-14-10-6-7-11-15-24)20(17(2)23(16)3)28(26,27)22-18-12-8-4-5-9-13-18/h18,22H,4-15H2,1-3H3. The molecule has 1 saturated heterocycles. The summed E-state index contributed by atoms with van der Waals surface area (Å²) in [5.41, 5.74) is 1.73. The van der Waals surface area contributed by atoms with E-state index in [9.17, 15) is 13.2 Å². The third-order valence-corrected chi connectivity index (χ3v) is 8.16. The SMILES string of the molecule is Cc1c(C(=O)N2CCCCCC2)c(S(=O)(=O)NC2CCCCCC2)c(C)n1C. The van der Waals surface area contributed by atoms with Gasteiger partial charge in [-0.1, -0.05) is 38.5 Å². The van der Waals surface area contributed by atoms with Crippen LogP contribution in [0.25, 0.3) is 0 Å². The van der Waals surface area contributed by atoms with Crippen LogP contribution in [-0.2, 0) is 17.1 Å². The normalized spacial score (nSPS) is 20.0. The number of carbonyl (C=O) groups excluding carboxylic acids is 1. The molecule has 0 aromatic carbocycles. The molecular formula is C21H35N3O3S. The highest BCUT2D eigenvalue weighted by molar-refractivity contribution is 7.89. The first kappa shape index (κ1) is 21.4. The topological polar surface area (TPSA) is 71.4 Å². The van der Waals surface area contributed by atoms with Crippen LogP contribution in [0.3, 0.4) is 0 Å². The molecule has 1 amide bonds. The van der Waals surface area contributed by atoms with Gasteiger partial charge in [0.15, 0.2) is 0 Å². The van der Waals surface area contributed by atoms with Crippen LogP contribution in [0.2, 0.25) is 0 Å². The summed E-state index contributed by atoms with van der Waals surface area (Å²) in [6, 6.07) is -0.0337. The van der Waals surface area contributed by atoms with Crippen LogP contribution in [-0.4, -0.2) is 42.9 Å². The molecule has 0 radical (unpaired) electrons. The van der Waals surface area contributed by atoms with Crippen molar-refractivity contribution in [1.82, 2.24) is 14.2 Å². The Kier molecular flexibility index (Phi) is 6.86. The summed E-state index contributed by atoms with van der Waals surface area (Å²) in [6.45, 7) is 5.07. The molecule has 7 heteroatoms. The fraction of sp³-hybridized carbons (Fsp3) is 0.762. The molecule has 28 heavy (non-hydrogen) atoms. The maximum Gasteiger partial charge on any atom is 0.257 e. The summed E-state index contributed by atoms with van der Waals surface area (Å²) in [4.78, 5) is 15.4. The lowest BCUT2D eigenvalue weighted by Crippen LogP contribution is -2.37. The number of amides is 1. The van der Waals surface area contributed by atoms with Gasteiger partial charge in [-0.3, -0.25) is 4.79 Å². The molecule has 0 unspecified atom stereocenters. The fourth-order valence-electron chi connectivity index (χ4n) is 4.60. The number of nitrogens with one attached hydrogen (secondary N) is 1. The third kappa shape index (κ3) is 4.46. The zero-order chi connectivity index (χ0) is 20.3. The first-order valence-corrected chi connectivity index (χ1v) is 12.3. The van der Waals surface area contributed by atoms with Gasteiger partial charge in [-0.15, -0.1) is 0 Å². The van der Waals surface area contributed by atoms with Crippen LogP contribution >= 0.6 is 0 Å². The Balaban J connectivity index is 1.95. The maximum absolute atomic E-state index is 13.4. The minimum absolute atomic E-state index is 0.0337. The van der Waals surface area contributed by atoms with E-state index in [4.69, 9.17) is 0 Å². The smallest absolute Gasteiger partial charge is 0.257 e. The lowest BCUT2D eigenvalue weighted by molar-refractivity contribution is 0.0757. The number of hydrogen-bond donors (Lipinski definition) is 1. The Morgan fingerprint density at radius 1 is 0.893 bits per heavy atom. The highest BCUT2D eigenvalue weighted by atomic mass is 32.2. The first-order chi connectivity index (χ1) is 13.3. The largest absolute Gasteiger partial charge is 0.350 e. The molecule has 2 aliphatic rings. The van der Waals surface area contributed by atoms with E-state index in [0.29, 0.717) is 24.3 Å². The number of carbonyl (C=O) groups is 1. The Morgan fingerprint density at radius 3 is 2.00 bits per heavy atom. The molecule has 1 aliphatic heterocycles. The summed E-state index contributed by atoms with van der Waals surface area (Å²) in [7, 11) is -1.91. The number of hydrogen-bond acceptors (Lipinski definition) is 3. The average molecular weight is 410 g/mol. The Morgan fingerprint density at radius 2 is 1.43 bits per heavy atom. The monoisotopic (exact) mass is 409 g/mol. The highest BCUT2D eigenvalue weighted by Gasteiger charge is 2.34. The Hall–Kier alpha value is -1.34. The molecule has 1 N–H and O–H groups in total. The molecular weight excluding hydrogens is 374 g/mol. The van der Waals surface area contributed by atoms with Crippen molar-refractivity contribution in [2.75, 3.05) is 13.1 Å². The molecule has 6 nitrogen and oxygen atoms in total. The zero-order valence-electron chi connectivity index (χ0n) is 17.6. The van der Waals surface area contributed by atoms with Crippen LogP contribution in [0.5, 0.6) is 0 Å². The lowest BCUT2D eigenvalue weighted by atomic mass is 10.1. The predicted molar refractivity (Wildman–Crippen MR) is 111 cm³/mol. The van der Waals surface area contributed by atoms with Crippen molar-refractivity contribution in [3.05, 3.63) is 17.0 Å². The quantitative estimate of drug-likeness (QED) is 0.772. The number of rotatable bonds is 4. The van der Waals surface area contributed by atoms with E-state index >= 15 is 0 Å². The van der Waals surface area contributed by atoms with Gasteiger partial charge < -0.3 is 9.47 Å². The molecule has 0 bridgehead atoms. The average Bonchev–Trinajstić information content (AvgIpc) is 2.97. The molecule has 0 atom stereocenters. The third-order valence-electron chi connectivity index (χ3n) is 6.48. The van der Waals surface area contributed by atoms with Crippen molar-refractivity contribution in [2.24, 2.45) is 7.05 Å². The lowest BCUT2D eigenvalue weighted by Gasteiger charge is -2.22.